The molecule has 2 saturated heterocycles. The minimum absolute atomic E-state index is 0.243. The van der Waals surface area contributed by atoms with Crippen molar-refractivity contribution in [3.05, 3.63) is 12.3 Å². The highest BCUT2D eigenvalue weighted by molar-refractivity contribution is 5.88. The van der Waals surface area contributed by atoms with Crippen molar-refractivity contribution in [2.45, 2.75) is 12.2 Å². The lowest BCUT2D eigenvalue weighted by Crippen LogP contribution is -2.06. The number of hydrogen-bond donors (Lipinski definition) is 0. The van der Waals surface area contributed by atoms with Gasteiger partial charge in [0.1, 0.15) is 12.2 Å². The van der Waals surface area contributed by atoms with Crippen LogP contribution in [0.1, 0.15) is 0 Å². The van der Waals surface area contributed by atoms with E-state index in [1.165, 1.54) is 7.11 Å². The standard InChI is InChI=1S/C6H10O3.C5H5NO3/c1(5-3-8-5)7-2-6-4-9-6;1-4(6-3-7)5(8)9-2/h5-6H,1-4H2;1H2,2H3. The molecule has 2 atom stereocenters. The summed E-state index contributed by atoms with van der Waals surface area (Å²) in [6, 6.07) is 0. The molecule has 0 spiro atoms. The Balaban J connectivity index is 0.000000180. The normalized spacial score (nSPS) is 22.9. The molecular weight excluding hydrogens is 242 g/mol. The molecule has 2 fully saturated rings. The maximum Gasteiger partial charge on any atom is 0.356 e. The van der Waals surface area contributed by atoms with Gasteiger partial charge in [-0.05, 0) is 0 Å². The Morgan fingerprint density at radius 1 is 1.39 bits per heavy atom. The Morgan fingerprint density at radius 2 is 1.89 bits per heavy atom. The quantitative estimate of drug-likeness (QED) is 0.215. The van der Waals surface area contributed by atoms with Gasteiger partial charge < -0.3 is 18.9 Å². The second-order valence-corrected chi connectivity index (χ2v) is 3.59. The molecule has 2 rings (SSSR count). The molecule has 2 aliphatic heterocycles. The number of epoxide rings is 2. The maximum absolute atomic E-state index is 10.3. The van der Waals surface area contributed by atoms with E-state index in [0.717, 1.165) is 32.5 Å². The first-order valence-corrected chi connectivity index (χ1v) is 5.33. The molecule has 2 aliphatic rings. The molecule has 7 heteroatoms. The SMILES string of the molecule is C(OCC1CO1)C1CO1.C=C(N=C=O)C(=O)OC. The Labute approximate surface area is 104 Å². The van der Waals surface area contributed by atoms with Crippen molar-refractivity contribution in [2.24, 2.45) is 4.99 Å². The number of aliphatic imine (C=N–C) groups is 1. The third-order valence-corrected chi connectivity index (χ3v) is 2.01. The van der Waals surface area contributed by atoms with Crippen molar-refractivity contribution >= 4 is 12.0 Å². The van der Waals surface area contributed by atoms with Gasteiger partial charge in [-0.15, -0.1) is 0 Å². The van der Waals surface area contributed by atoms with Crippen molar-refractivity contribution in [1.82, 2.24) is 0 Å². The number of hydrogen-bond acceptors (Lipinski definition) is 7. The number of isocyanates is 1. The number of rotatable bonds is 6. The van der Waals surface area contributed by atoms with E-state index in [0.29, 0.717) is 12.2 Å². The summed E-state index contributed by atoms with van der Waals surface area (Å²) in [7, 11) is 1.17. The maximum atomic E-state index is 10.3. The summed E-state index contributed by atoms with van der Waals surface area (Å²) in [5, 5.41) is 0. The summed E-state index contributed by atoms with van der Waals surface area (Å²) in [4.78, 5) is 22.7. The van der Waals surface area contributed by atoms with E-state index in [1.807, 2.05) is 0 Å². The Bertz CT molecular complexity index is 329. The van der Waals surface area contributed by atoms with Gasteiger partial charge in [0.25, 0.3) is 0 Å². The van der Waals surface area contributed by atoms with Gasteiger partial charge in [-0.1, -0.05) is 6.58 Å². The minimum Gasteiger partial charge on any atom is -0.464 e. The third kappa shape index (κ3) is 6.93. The Hall–Kier alpha value is -1.53. The van der Waals surface area contributed by atoms with Crippen LogP contribution in [0.5, 0.6) is 0 Å². The second-order valence-electron chi connectivity index (χ2n) is 3.59. The third-order valence-electron chi connectivity index (χ3n) is 2.01. The monoisotopic (exact) mass is 257 g/mol. The highest BCUT2D eigenvalue weighted by Crippen LogP contribution is 2.12. The summed E-state index contributed by atoms with van der Waals surface area (Å²) in [5.41, 5.74) is -0.243. The predicted octanol–water partition coefficient (Wildman–Crippen LogP) is -0.190. The van der Waals surface area contributed by atoms with Gasteiger partial charge >= 0.3 is 5.97 Å². The molecular formula is C11H15NO6. The minimum atomic E-state index is -0.724. The molecule has 2 unspecified atom stereocenters. The molecule has 7 nitrogen and oxygen atoms in total. The lowest BCUT2D eigenvalue weighted by atomic mass is 10.5. The van der Waals surface area contributed by atoms with Crippen molar-refractivity contribution in [3.8, 4) is 0 Å². The number of carbonyl (C=O) groups is 1. The first-order chi connectivity index (χ1) is 8.67. The fourth-order valence-electron chi connectivity index (χ4n) is 0.878. The first-order valence-electron chi connectivity index (χ1n) is 5.33. The van der Waals surface area contributed by atoms with Crippen LogP contribution in [0.4, 0.5) is 0 Å². The lowest BCUT2D eigenvalue weighted by molar-refractivity contribution is -0.136. The van der Waals surface area contributed by atoms with Gasteiger partial charge in [0, 0.05) is 0 Å². The van der Waals surface area contributed by atoms with E-state index >= 15 is 0 Å². The van der Waals surface area contributed by atoms with Crippen LogP contribution in [0.3, 0.4) is 0 Å². The summed E-state index contributed by atoms with van der Waals surface area (Å²) < 4.78 is 19.3. The molecule has 0 aromatic heterocycles. The zero-order chi connectivity index (χ0) is 13.4. The van der Waals surface area contributed by atoms with Gasteiger partial charge in [-0.25, -0.2) is 9.59 Å². The van der Waals surface area contributed by atoms with Crippen LogP contribution in [0.15, 0.2) is 17.3 Å². The number of carbonyl (C=O) groups excluding carboxylic acids is 2. The summed E-state index contributed by atoms with van der Waals surface area (Å²) in [6.07, 6.45) is 1.94. The summed E-state index contributed by atoms with van der Waals surface area (Å²) in [6.45, 7) is 6.37. The van der Waals surface area contributed by atoms with Gasteiger partial charge in [-0.2, -0.15) is 4.99 Å². The van der Waals surface area contributed by atoms with Crippen molar-refractivity contribution in [2.75, 3.05) is 33.5 Å². The van der Waals surface area contributed by atoms with Crippen LogP contribution < -0.4 is 0 Å². The Kier molecular flexibility index (Phi) is 6.24. The fraction of sp³-hybridized carbons (Fsp3) is 0.636. The van der Waals surface area contributed by atoms with Crippen LogP contribution in [0.2, 0.25) is 0 Å². The smallest absolute Gasteiger partial charge is 0.356 e. The van der Waals surface area contributed by atoms with Gasteiger partial charge in [0.2, 0.25) is 6.08 Å². The average molecular weight is 257 g/mol. The highest BCUT2D eigenvalue weighted by Gasteiger charge is 2.26. The van der Waals surface area contributed by atoms with E-state index in [-0.39, 0.29) is 5.70 Å². The molecule has 0 radical (unpaired) electrons. The Morgan fingerprint density at radius 3 is 2.22 bits per heavy atom. The largest absolute Gasteiger partial charge is 0.464 e. The van der Waals surface area contributed by atoms with E-state index in [1.54, 1.807) is 0 Å². The highest BCUT2D eigenvalue weighted by atomic mass is 16.6. The summed E-state index contributed by atoms with van der Waals surface area (Å²) in [5.74, 6) is -0.724. The van der Waals surface area contributed by atoms with Gasteiger partial charge in [-0.3, -0.25) is 0 Å². The molecule has 0 N–H and O–H groups in total. The number of nitrogens with zero attached hydrogens (tertiary/aromatic N) is 1. The zero-order valence-electron chi connectivity index (χ0n) is 10.1. The topological polar surface area (TPSA) is 90.0 Å². The molecule has 100 valence electrons. The molecule has 0 aromatic carbocycles. The molecule has 0 amide bonds. The van der Waals surface area contributed by atoms with Crippen LogP contribution in [0, 0.1) is 0 Å². The fourth-order valence-corrected chi connectivity index (χ4v) is 0.878. The molecule has 18 heavy (non-hydrogen) atoms. The van der Waals surface area contributed by atoms with Gasteiger partial charge in [0.15, 0.2) is 5.70 Å². The second kappa shape index (κ2) is 7.73. The molecule has 0 bridgehead atoms. The van der Waals surface area contributed by atoms with Crippen LogP contribution in [-0.4, -0.2) is 57.8 Å². The number of methoxy groups -OCH3 is 1. The first kappa shape index (κ1) is 14.5. The molecule has 0 saturated carbocycles. The van der Waals surface area contributed by atoms with Crippen LogP contribution >= 0.6 is 0 Å². The molecule has 2 heterocycles. The lowest BCUT2D eigenvalue weighted by Gasteiger charge is -1.95. The van der Waals surface area contributed by atoms with E-state index in [9.17, 15) is 9.59 Å². The van der Waals surface area contributed by atoms with Crippen LogP contribution in [0.25, 0.3) is 0 Å². The van der Waals surface area contributed by atoms with Crippen LogP contribution in [-0.2, 0) is 28.5 Å². The predicted molar refractivity (Wildman–Crippen MR) is 59.6 cm³/mol. The number of esters is 1. The zero-order valence-corrected chi connectivity index (χ0v) is 10.1. The van der Waals surface area contributed by atoms with Crippen molar-refractivity contribution in [3.63, 3.8) is 0 Å². The molecule has 0 aliphatic carbocycles. The van der Waals surface area contributed by atoms with E-state index in [2.05, 4.69) is 16.3 Å². The number of ether oxygens (including phenoxy) is 4. The van der Waals surface area contributed by atoms with Gasteiger partial charge in [0.05, 0.1) is 33.5 Å². The van der Waals surface area contributed by atoms with Crippen molar-refractivity contribution in [1.29, 1.82) is 0 Å². The van der Waals surface area contributed by atoms with E-state index < -0.39 is 5.97 Å². The van der Waals surface area contributed by atoms with E-state index in [4.69, 9.17) is 14.2 Å². The van der Waals surface area contributed by atoms with Crippen molar-refractivity contribution < 1.29 is 28.5 Å². The molecule has 0 aromatic rings. The average Bonchev–Trinajstić information content (AvgIpc) is 3.23. The summed E-state index contributed by atoms with van der Waals surface area (Å²) >= 11 is 0.